The SMILES string of the molecule is C=C1N(Cc2ccc(OC)cc2)C(=O)NC1(c1ccc(OC)cc1)c1ncn([C@H]2CC(O)[C@@H](CO)O2)c1/N=C\N. The van der Waals surface area contributed by atoms with Gasteiger partial charge in [0.1, 0.15) is 29.5 Å². The molecule has 12 heteroatoms. The number of imidazole rings is 1. The summed E-state index contributed by atoms with van der Waals surface area (Å²) in [6, 6.07) is 14.3. The number of rotatable bonds is 9. The number of aliphatic imine (C=N–C) groups is 1. The first-order valence-corrected chi connectivity index (χ1v) is 12.7. The van der Waals surface area contributed by atoms with Gasteiger partial charge in [0, 0.05) is 6.42 Å². The number of hydrogen-bond donors (Lipinski definition) is 4. The van der Waals surface area contributed by atoms with Crippen LogP contribution in [0.15, 0.2) is 72.1 Å². The van der Waals surface area contributed by atoms with Crippen LogP contribution in [0, 0.1) is 0 Å². The molecular formula is C28H32N6O6. The quantitative estimate of drug-likeness (QED) is 0.234. The standard InChI is InChI=1S/C28H32N6O6/c1-17-28(19-6-10-21(39-3)11-7-19,32-27(37)33(17)13-18-4-8-20(38-2)9-5-18)25-26(30-15-29)34(16-31-25)24-12-22(36)23(14-35)40-24/h4-11,15-16,22-24,35-36H,1,12-14H2,2-3H3,(H2,29,30)(H,32,37)/t22?,23-,24-,28?/m1/s1. The van der Waals surface area contributed by atoms with Crippen LogP contribution in [0.2, 0.25) is 0 Å². The van der Waals surface area contributed by atoms with Crippen molar-refractivity contribution in [3.63, 3.8) is 0 Å². The number of aliphatic hydroxyl groups excluding tert-OH is 2. The predicted octanol–water partition coefficient (Wildman–Crippen LogP) is 2.14. The highest BCUT2D eigenvalue weighted by molar-refractivity contribution is 5.85. The zero-order valence-corrected chi connectivity index (χ0v) is 22.2. The first kappa shape index (κ1) is 27.2. The van der Waals surface area contributed by atoms with Crippen LogP contribution in [0.5, 0.6) is 11.5 Å². The molecule has 2 amide bonds. The number of carbonyl (C=O) groups is 1. The van der Waals surface area contributed by atoms with Crippen LogP contribution in [-0.4, -0.2) is 70.1 Å². The van der Waals surface area contributed by atoms with Gasteiger partial charge in [-0.3, -0.25) is 9.47 Å². The largest absolute Gasteiger partial charge is 0.497 e. The molecule has 2 aliphatic heterocycles. The number of benzene rings is 2. The number of amides is 2. The van der Waals surface area contributed by atoms with Gasteiger partial charge in [-0.25, -0.2) is 14.8 Å². The number of nitrogens with one attached hydrogen (secondary N) is 1. The van der Waals surface area contributed by atoms with Crippen LogP contribution >= 0.6 is 0 Å². The van der Waals surface area contributed by atoms with Gasteiger partial charge < -0.3 is 35.5 Å². The average Bonchev–Trinajstić information content (AvgIpc) is 3.64. The van der Waals surface area contributed by atoms with Gasteiger partial charge in [0.05, 0.1) is 51.8 Å². The van der Waals surface area contributed by atoms with E-state index < -0.39 is 24.0 Å². The van der Waals surface area contributed by atoms with E-state index in [2.05, 4.69) is 16.9 Å². The minimum absolute atomic E-state index is 0.209. The Hall–Kier alpha value is -4.39. The van der Waals surface area contributed by atoms with Crippen molar-refractivity contribution in [2.75, 3.05) is 20.8 Å². The van der Waals surface area contributed by atoms with Crippen molar-refractivity contribution in [1.29, 1.82) is 0 Å². The fraction of sp³-hybridized carbons (Fsp3) is 0.321. The summed E-state index contributed by atoms with van der Waals surface area (Å²) in [5.41, 5.74) is 6.77. The van der Waals surface area contributed by atoms with Gasteiger partial charge in [0.15, 0.2) is 11.4 Å². The second-order valence-electron chi connectivity index (χ2n) is 9.51. The number of nitrogens with zero attached hydrogens (tertiary/aromatic N) is 4. The molecule has 0 aliphatic carbocycles. The third-order valence-corrected chi connectivity index (χ3v) is 7.34. The molecule has 210 valence electrons. The second-order valence-corrected chi connectivity index (χ2v) is 9.51. The van der Waals surface area contributed by atoms with E-state index >= 15 is 0 Å². The summed E-state index contributed by atoms with van der Waals surface area (Å²) in [6.45, 7) is 4.27. The maximum Gasteiger partial charge on any atom is 0.323 e. The fourth-order valence-corrected chi connectivity index (χ4v) is 5.20. The number of ether oxygens (including phenoxy) is 3. The molecule has 5 rings (SSSR count). The first-order valence-electron chi connectivity index (χ1n) is 12.7. The second kappa shape index (κ2) is 11.0. The van der Waals surface area contributed by atoms with Crippen LogP contribution in [0.1, 0.15) is 29.5 Å². The Bertz CT molecular complexity index is 1410. The summed E-state index contributed by atoms with van der Waals surface area (Å²) in [7, 11) is 3.17. The van der Waals surface area contributed by atoms with E-state index in [1.165, 1.54) is 6.33 Å². The molecule has 2 unspecified atom stereocenters. The summed E-state index contributed by atoms with van der Waals surface area (Å²) in [5, 5.41) is 23.0. The minimum atomic E-state index is -1.32. The lowest BCUT2D eigenvalue weighted by atomic mass is 9.84. The average molecular weight is 549 g/mol. The molecule has 2 aromatic carbocycles. The van der Waals surface area contributed by atoms with Crippen LogP contribution in [-0.2, 0) is 16.8 Å². The predicted molar refractivity (Wildman–Crippen MR) is 146 cm³/mol. The molecule has 5 N–H and O–H groups in total. The Morgan fingerprint density at radius 3 is 2.42 bits per heavy atom. The van der Waals surface area contributed by atoms with Crippen molar-refractivity contribution in [3.05, 3.63) is 84.0 Å². The fourth-order valence-electron chi connectivity index (χ4n) is 5.20. The topological polar surface area (TPSA) is 157 Å². The molecule has 0 bridgehead atoms. The van der Waals surface area contributed by atoms with Crippen molar-refractivity contribution in [1.82, 2.24) is 19.8 Å². The van der Waals surface area contributed by atoms with Gasteiger partial charge >= 0.3 is 6.03 Å². The number of carbonyl (C=O) groups excluding carboxylic acids is 1. The lowest BCUT2D eigenvalue weighted by Gasteiger charge is -2.30. The van der Waals surface area contributed by atoms with E-state index in [-0.39, 0.29) is 25.6 Å². The molecule has 0 radical (unpaired) electrons. The molecule has 4 atom stereocenters. The van der Waals surface area contributed by atoms with Crippen molar-refractivity contribution in [2.45, 2.75) is 36.9 Å². The molecule has 12 nitrogen and oxygen atoms in total. The van der Waals surface area contributed by atoms with E-state index in [4.69, 9.17) is 24.9 Å². The third-order valence-electron chi connectivity index (χ3n) is 7.34. The first-order chi connectivity index (χ1) is 19.4. The van der Waals surface area contributed by atoms with E-state index in [0.29, 0.717) is 34.3 Å². The molecule has 3 heterocycles. The van der Waals surface area contributed by atoms with Crippen LogP contribution < -0.4 is 20.5 Å². The van der Waals surface area contributed by atoms with Crippen LogP contribution in [0.3, 0.4) is 0 Å². The number of urea groups is 1. The number of nitrogens with two attached hydrogens (primary N) is 1. The number of aliphatic hydroxyl groups is 2. The smallest absolute Gasteiger partial charge is 0.323 e. The highest BCUT2D eigenvalue weighted by Crippen LogP contribution is 2.47. The normalized spacial score (nSPS) is 24.6. The van der Waals surface area contributed by atoms with Crippen LogP contribution in [0.4, 0.5) is 10.6 Å². The summed E-state index contributed by atoms with van der Waals surface area (Å²) in [5.74, 6) is 1.65. The molecule has 2 saturated heterocycles. The van der Waals surface area contributed by atoms with Gasteiger partial charge in [-0.05, 0) is 35.4 Å². The summed E-state index contributed by atoms with van der Waals surface area (Å²) >= 11 is 0. The number of hydrogen-bond acceptors (Lipinski definition) is 8. The zero-order chi connectivity index (χ0) is 28.4. The molecular weight excluding hydrogens is 516 g/mol. The van der Waals surface area contributed by atoms with Gasteiger partial charge in [0.25, 0.3) is 0 Å². The highest BCUT2D eigenvalue weighted by atomic mass is 16.5. The molecule has 1 aromatic heterocycles. The maximum atomic E-state index is 13.6. The van der Waals surface area contributed by atoms with Crippen molar-refractivity contribution in [2.24, 2.45) is 10.7 Å². The molecule has 40 heavy (non-hydrogen) atoms. The Labute approximate surface area is 231 Å². The molecule has 2 fully saturated rings. The Kier molecular flexibility index (Phi) is 7.48. The molecule has 3 aromatic rings. The van der Waals surface area contributed by atoms with E-state index in [1.54, 1.807) is 35.8 Å². The van der Waals surface area contributed by atoms with Crippen molar-refractivity contribution >= 4 is 18.2 Å². The van der Waals surface area contributed by atoms with Gasteiger partial charge in [0.2, 0.25) is 0 Å². The van der Waals surface area contributed by atoms with Crippen LogP contribution in [0.25, 0.3) is 0 Å². The van der Waals surface area contributed by atoms with E-state index in [9.17, 15) is 15.0 Å². The Morgan fingerprint density at radius 2 is 1.85 bits per heavy atom. The lowest BCUT2D eigenvalue weighted by molar-refractivity contribution is -0.0438. The number of aromatic nitrogens is 2. The Balaban J connectivity index is 1.61. The molecule has 2 aliphatic rings. The molecule has 0 spiro atoms. The van der Waals surface area contributed by atoms with Gasteiger partial charge in [-0.2, -0.15) is 0 Å². The monoisotopic (exact) mass is 548 g/mol. The highest BCUT2D eigenvalue weighted by Gasteiger charge is 2.52. The van der Waals surface area contributed by atoms with Gasteiger partial charge in [-0.1, -0.05) is 30.8 Å². The minimum Gasteiger partial charge on any atom is -0.497 e. The maximum absolute atomic E-state index is 13.6. The van der Waals surface area contributed by atoms with E-state index in [0.717, 1.165) is 11.9 Å². The van der Waals surface area contributed by atoms with Crippen molar-refractivity contribution < 1.29 is 29.2 Å². The third kappa shape index (κ3) is 4.55. The number of methoxy groups -OCH3 is 2. The summed E-state index contributed by atoms with van der Waals surface area (Å²) < 4.78 is 18.1. The van der Waals surface area contributed by atoms with Crippen molar-refractivity contribution in [3.8, 4) is 11.5 Å². The zero-order valence-electron chi connectivity index (χ0n) is 22.2. The van der Waals surface area contributed by atoms with Gasteiger partial charge in [-0.15, -0.1) is 0 Å². The Morgan fingerprint density at radius 1 is 1.20 bits per heavy atom. The summed E-state index contributed by atoms with van der Waals surface area (Å²) in [6.07, 6.45) is 0.574. The lowest BCUT2D eigenvalue weighted by Crippen LogP contribution is -2.41. The summed E-state index contributed by atoms with van der Waals surface area (Å²) in [4.78, 5) is 24.2. The molecule has 0 saturated carbocycles. The van der Waals surface area contributed by atoms with E-state index in [1.807, 2.05) is 36.4 Å².